The molecule has 0 aliphatic heterocycles. The molecular weight excluding hydrogens is 236 g/mol. The van der Waals surface area contributed by atoms with Crippen LogP contribution in [0.15, 0.2) is 48.5 Å². The number of Topliss-reactive ketones (excluding diaryl/α,β-unsaturated/α-hetero) is 1. The van der Waals surface area contributed by atoms with E-state index in [1.807, 2.05) is 36.4 Å². The smallest absolute Gasteiger partial charge is 0.159 e. The van der Waals surface area contributed by atoms with Gasteiger partial charge in [0.25, 0.3) is 0 Å². The van der Waals surface area contributed by atoms with E-state index < -0.39 is 0 Å². The molecule has 0 fully saturated rings. The maximum atomic E-state index is 11.3. The number of carbonyl (C=O) groups excluding carboxylic acids is 1. The van der Waals surface area contributed by atoms with Crippen molar-refractivity contribution < 1.29 is 9.53 Å². The third-order valence-corrected chi connectivity index (χ3v) is 3.33. The minimum absolute atomic E-state index is 0.0800. The van der Waals surface area contributed by atoms with Crippen LogP contribution in [0.5, 0.6) is 0 Å². The van der Waals surface area contributed by atoms with Gasteiger partial charge in [-0.15, -0.1) is 0 Å². The third-order valence-electron chi connectivity index (χ3n) is 3.33. The van der Waals surface area contributed by atoms with Gasteiger partial charge in [0.05, 0.1) is 0 Å². The highest BCUT2D eigenvalue weighted by molar-refractivity contribution is 5.94. The molecule has 2 rings (SSSR count). The van der Waals surface area contributed by atoms with Crippen LogP contribution in [0.2, 0.25) is 0 Å². The maximum Gasteiger partial charge on any atom is 0.159 e. The van der Waals surface area contributed by atoms with Gasteiger partial charge >= 0.3 is 0 Å². The molecule has 0 saturated carbocycles. The predicted octanol–water partition coefficient (Wildman–Crippen LogP) is 3.93. The van der Waals surface area contributed by atoms with Crippen molar-refractivity contribution in [1.29, 1.82) is 0 Å². The summed E-state index contributed by atoms with van der Waals surface area (Å²) in [6.45, 7) is 3.65. The van der Waals surface area contributed by atoms with Gasteiger partial charge in [0.2, 0.25) is 0 Å². The summed E-state index contributed by atoms with van der Waals surface area (Å²) in [6, 6.07) is 15.8. The number of aryl methyl sites for hydroxylation is 1. The predicted molar refractivity (Wildman–Crippen MR) is 76.5 cm³/mol. The van der Waals surface area contributed by atoms with E-state index >= 15 is 0 Å². The van der Waals surface area contributed by atoms with Crippen LogP contribution in [-0.2, 0) is 4.74 Å². The third kappa shape index (κ3) is 2.91. The fourth-order valence-electron chi connectivity index (χ4n) is 2.22. The van der Waals surface area contributed by atoms with Crippen LogP contribution in [0.4, 0.5) is 0 Å². The molecule has 0 aliphatic carbocycles. The zero-order valence-corrected chi connectivity index (χ0v) is 11.5. The first-order valence-corrected chi connectivity index (χ1v) is 6.32. The Balaban J connectivity index is 2.37. The molecule has 0 aliphatic rings. The molecule has 0 saturated heterocycles. The van der Waals surface area contributed by atoms with Gasteiger partial charge in [-0.1, -0.05) is 48.5 Å². The molecule has 0 spiro atoms. The molecule has 2 aromatic carbocycles. The SMILES string of the molecule is COC(c1ccc(C(C)=O)cc1)c1ccccc1C. The Kier molecular flexibility index (Phi) is 4.13. The van der Waals surface area contributed by atoms with Crippen molar-refractivity contribution in [3.05, 3.63) is 70.8 Å². The minimum Gasteiger partial charge on any atom is -0.372 e. The molecule has 1 unspecified atom stereocenters. The molecule has 0 N–H and O–H groups in total. The monoisotopic (exact) mass is 254 g/mol. The fraction of sp³-hybridized carbons (Fsp3) is 0.235. The first kappa shape index (κ1) is 13.5. The highest BCUT2D eigenvalue weighted by Gasteiger charge is 2.15. The Morgan fingerprint density at radius 3 is 2.21 bits per heavy atom. The van der Waals surface area contributed by atoms with E-state index in [2.05, 4.69) is 19.1 Å². The van der Waals surface area contributed by atoms with Gasteiger partial charge in [-0.2, -0.15) is 0 Å². The topological polar surface area (TPSA) is 26.3 Å². The summed E-state index contributed by atoms with van der Waals surface area (Å²) in [7, 11) is 1.70. The van der Waals surface area contributed by atoms with Crippen LogP contribution in [0, 0.1) is 6.92 Å². The van der Waals surface area contributed by atoms with Gasteiger partial charge < -0.3 is 4.74 Å². The van der Waals surface area contributed by atoms with Crippen molar-refractivity contribution in [3.63, 3.8) is 0 Å². The van der Waals surface area contributed by atoms with E-state index in [9.17, 15) is 4.79 Å². The summed E-state index contributed by atoms with van der Waals surface area (Å²) >= 11 is 0. The van der Waals surface area contributed by atoms with Crippen LogP contribution >= 0.6 is 0 Å². The van der Waals surface area contributed by atoms with Crippen molar-refractivity contribution in [2.24, 2.45) is 0 Å². The van der Waals surface area contributed by atoms with Crippen molar-refractivity contribution in [2.45, 2.75) is 20.0 Å². The number of benzene rings is 2. The molecule has 2 heteroatoms. The number of hydrogen-bond acceptors (Lipinski definition) is 2. The Morgan fingerprint density at radius 1 is 1.05 bits per heavy atom. The largest absolute Gasteiger partial charge is 0.372 e. The van der Waals surface area contributed by atoms with Gasteiger partial charge in [-0.05, 0) is 30.5 Å². The summed E-state index contributed by atoms with van der Waals surface area (Å²) in [5.41, 5.74) is 4.13. The van der Waals surface area contributed by atoms with Gasteiger partial charge in [0.15, 0.2) is 5.78 Å². The molecule has 0 aromatic heterocycles. The molecule has 19 heavy (non-hydrogen) atoms. The second kappa shape index (κ2) is 5.81. The number of hydrogen-bond donors (Lipinski definition) is 0. The highest BCUT2D eigenvalue weighted by atomic mass is 16.5. The van der Waals surface area contributed by atoms with Crippen molar-refractivity contribution in [3.8, 4) is 0 Å². The fourth-order valence-corrected chi connectivity index (χ4v) is 2.22. The highest BCUT2D eigenvalue weighted by Crippen LogP contribution is 2.27. The first-order valence-electron chi connectivity index (χ1n) is 6.32. The number of ether oxygens (including phenoxy) is 1. The quantitative estimate of drug-likeness (QED) is 0.773. The summed E-state index contributed by atoms with van der Waals surface area (Å²) in [5.74, 6) is 0.0800. The van der Waals surface area contributed by atoms with Crippen molar-refractivity contribution in [1.82, 2.24) is 0 Å². The second-order valence-electron chi connectivity index (χ2n) is 4.65. The molecular formula is C17H18O2. The molecule has 98 valence electrons. The van der Waals surface area contributed by atoms with Gasteiger partial charge in [0.1, 0.15) is 6.10 Å². The molecule has 0 radical (unpaired) electrons. The normalized spacial score (nSPS) is 12.2. The van der Waals surface area contributed by atoms with Crippen LogP contribution < -0.4 is 0 Å². The summed E-state index contributed by atoms with van der Waals surface area (Å²) in [4.78, 5) is 11.3. The second-order valence-corrected chi connectivity index (χ2v) is 4.65. The average molecular weight is 254 g/mol. The lowest BCUT2D eigenvalue weighted by atomic mass is 9.96. The van der Waals surface area contributed by atoms with Crippen LogP contribution in [-0.4, -0.2) is 12.9 Å². The van der Waals surface area contributed by atoms with E-state index in [0.717, 1.165) is 16.7 Å². The van der Waals surface area contributed by atoms with E-state index in [1.54, 1.807) is 14.0 Å². The summed E-state index contributed by atoms with van der Waals surface area (Å²) in [6.07, 6.45) is -0.0952. The van der Waals surface area contributed by atoms with Gasteiger partial charge in [-0.25, -0.2) is 0 Å². The van der Waals surface area contributed by atoms with Crippen LogP contribution in [0.3, 0.4) is 0 Å². The zero-order valence-electron chi connectivity index (χ0n) is 11.5. The molecule has 2 nitrogen and oxygen atoms in total. The first-order chi connectivity index (χ1) is 9.13. The Labute approximate surface area is 114 Å². The zero-order chi connectivity index (χ0) is 13.8. The lowest BCUT2D eigenvalue weighted by molar-refractivity contribution is 0.101. The number of carbonyl (C=O) groups is 1. The minimum atomic E-state index is -0.0952. The lowest BCUT2D eigenvalue weighted by Gasteiger charge is -2.18. The number of methoxy groups -OCH3 is 1. The van der Waals surface area contributed by atoms with E-state index in [-0.39, 0.29) is 11.9 Å². The molecule has 0 bridgehead atoms. The molecule has 2 aromatic rings. The van der Waals surface area contributed by atoms with Gasteiger partial charge in [0, 0.05) is 12.7 Å². The average Bonchev–Trinajstić information content (AvgIpc) is 2.42. The molecule has 0 amide bonds. The number of rotatable bonds is 4. The van der Waals surface area contributed by atoms with E-state index in [1.165, 1.54) is 5.56 Å². The van der Waals surface area contributed by atoms with Crippen LogP contribution in [0.25, 0.3) is 0 Å². The van der Waals surface area contributed by atoms with Crippen molar-refractivity contribution in [2.75, 3.05) is 7.11 Å². The summed E-state index contributed by atoms with van der Waals surface area (Å²) < 4.78 is 5.62. The Morgan fingerprint density at radius 2 is 1.68 bits per heavy atom. The maximum absolute atomic E-state index is 11.3. The molecule has 0 heterocycles. The Bertz CT molecular complexity index is 570. The standard InChI is InChI=1S/C17H18O2/c1-12-6-4-5-7-16(12)17(19-3)15-10-8-14(9-11-15)13(2)18/h4-11,17H,1-3H3. The Hall–Kier alpha value is -1.93. The lowest BCUT2D eigenvalue weighted by Crippen LogP contribution is -2.05. The van der Waals surface area contributed by atoms with Crippen LogP contribution in [0.1, 0.15) is 40.1 Å². The van der Waals surface area contributed by atoms with E-state index in [0.29, 0.717) is 0 Å². The van der Waals surface area contributed by atoms with Crippen molar-refractivity contribution >= 4 is 5.78 Å². The summed E-state index contributed by atoms with van der Waals surface area (Å²) in [5, 5.41) is 0. The number of ketones is 1. The molecule has 1 atom stereocenters. The van der Waals surface area contributed by atoms with Gasteiger partial charge in [-0.3, -0.25) is 4.79 Å². The van der Waals surface area contributed by atoms with E-state index in [4.69, 9.17) is 4.74 Å².